The van der Waals surface area contributed by atoms with Crippen molar-refractivity contribution in [1.29, 1.82) is 0 Å². The van der Waals surface area contributed by atoms with E-state index in [1.54, 1.807) is 42.5 Å². The number of aryl methyl sites for hydroxylation is 2. The van der Waals surface area contributed by atoms with E-state index in [-0.39, 0.29) is 10.7 Å². The normalized spacial score (nSPS) is 11.2. The standard InChI is InChI=1S/C16H17NO3S/c1-11-4-7-14(8-5-11)21(19,20)17-16-10-12(2)6-9-15(16)13(3)18/h4-10,17H,1-3H3. The monoisotopic (exact) mass is 303 g/mol. The first-order chi connectivity index (χ1) is 9.79. The highest BCUT2D eigenvalue weighted by atomic mass is 32.2. The fourth-order valence-electron chi connectivity index (χ4n) is 1.97. The highest BCUT2D eigenvalue weighted by molar-refractivity contribution is 7.92. The summed E-state index contributed by atoms with van der Waals surface area (Å²) in [5.74, 6) is -0.184. The fraction of sp³-hybridized carbons (Fsp3) is 0.188. The minimum atomic E-state index is -3.71. The molecule has 5 heteroatoms. The van der Waals surface area contributed by atoms with Crippen molar-refractivity contribution in [3.05, 3.63) is 59.2 Å². The lowest BCUT2D eigenvalue weighted by Crippen LogP contribution is -2.15. The van der Waals surface area contributed by atoms with Crippen molar-refractivity contribution >= 4 is 21.5 Å². The second kappa shape index (κ2) is 5.69. The summed E-state index contributed by atoms with van der Waals surface area (Å²) in [7, 11) is -3.71. The molecule has 0 radical (unpaired) electrons. The van der Waals surface area contributed by atoms with E-state index < -0.39 is 10.0 Å². The van der Waals surface area contributed by atoms with Gasteiger partial charge in [-0.05, 0) is 50.6 Å². The van der Waals surface area contributed by atoms with Crippen molar-refractivity contribution in [2.24, 2.45) is 0 Å². The van der Waals surface area contributed by atoms with E-state index >= 15 is 0 Å². The van der Waals surface area contributed by atoms with Crippen LogP contribution >= 0.6 is 0 Å². The van der Waals surface area contributed by atoms with Crippen LogP contribution in [0.15, 0.2) is 47.4 Å². The summed E-state index contributed by atoms with van der Waals surface area (Å²) < 4.78 is 27.2. The van der Waals surface area contributed by atoms with Crippen LogP contribution in [0.5, 0.6) is 0 Å². The molecule has 2 aromatic rings. The van der Waals surface area contributed by atoms with Gasteiger partial charge in [-0.3, -0.25) is 9.52 Å². The molecule has 1 N–H and O–H groups in total. The van der Waals surface area contributed by atoms with E-state index in [9.17, 15) is 13.2 Å². The second-order valence-electron chi connectivity index (χ2n) is 5.02. The highest BCUT2D eigenvalue weighted by Crippen LogP contribution is 2.22. The Bertz CT molecular complexity index is 778. The van der Waals surface area contributed by atoms with E-state index in [1.807, 2.05) is 13.8 Å². The number of Topliss-reactive ketones (excluding diaryl/α,β-unsaturated/α-hetero) is 1. The molecule has 0 aromatic heterocycles. The number of ketones is 1. The molecule has 0 spiro atoms. The first kappa shape index (κ1) is 15.3. The highest BCUT2D eigenvalue weighted by Gasteiger charge is 2.17. The van der Waals surface area contributed by atoms with Gasteiger partial charge in [-0.15, -0.1) is 0 Å². The Morgan fingerprint density at radius 1 is 0.952 bits per heavy atom. The number of benzene rings is 2. The third-order valence-corrected chi connectivity index (χ3v) is 4.51. The van der Waals surface area contributed by atoms with Crippen LogP contribution in [0.25, 0.3) is 0 Å². The van der Waals surface area contributed by atoms with Gasteiger partial charge in [0.1, 0.15) is 0 Å². The molecule has 0 heterocycles. The van der Waals surface area contributed by atoms with Crippen LogP contribution in [-0.4, -0.2) is 14.2 Å². The molecule has 0 bridgehead atoms. The molecule has 0 unspecified atom stereocenters. The number of sulfonamides is 1. The van der Waals surface area contributed by atoms with Crippen molar-refractivity contribution in [3.63, 3.8) is 0 Å². The number of hydrogen-bond donors (Lipinski definition) is 1. The molecule has 0 amide bonds. The zero-order valence-corrected chi connectivity index (χ0v) is 13.0. The molecule has 0 fully saturated rings. The minimum Gasteiger partial charge on any atom is -0.294 e. The second-order valence-corrected chi connectivity index (χ2v) is 6.71. The Labute approximate surface area is 124 Å². The summed E-state index contributed by atoms with van der Waals surface area (Å²) in [6, 6.07) is 11.6. The van der Waals surface area contributed by atoms with Crippen molar-refractivity contribution in [1.82, 2.24) is 0 Å². The molecule has 4 nitrogen and oxygen atoms in total. The van der Waals surface area contributed by atoms with Crippen LogP contribution in [0.3, 0.4) is 0 Å². The van der Waals surface area contributed by atoms with Gasteiger partial charge in [0.2, 0.25) is 0 Å². The molecule has 0 aliphatic carbocycles. The number of carbonyl (C=O) groups is 1. The lowest BCUT2D eigenvalue weighted by atomic mass is 10.1. The van der Waals surface area contributed by atoms with Gasteiger partial charge in [-0.1, -0.05) is 23.8 Å². The number of nitrogens with one attached hydrogen (secondary N) is 1. The molecule has 0 aliphatic heterocycles. The Balaban J connectivity index is 2.43. The first-order valence-corrected chi connectivity index (χ1v) is 7.99. The summed E-state index contributed by atoms with van der Waals surface area (Å²) >= 11 is 0. The molecule has 0 atom stereocenters. The zero-order chi connectivity index (χ0) is 15.6. The van der Waals surface area contributed by atoms with Gasteiger partial charge in [0, 0.05) is 5.56 Å². The van der Waals surface area contributed by atoms with Crippen LogP contribution in [-0.2, 0) is 10.0 Å². The molecule has 110 valence electrons. The van der Waals surface area contributed by atoms with Gasteiger partial charge in [0.25, 0.3) is 10.0 Å². The van der Waals surface area contributed by atoms with Gasteiger partial charge < -0.3 is 0 Å². The predicted octanol–water partition coefficient (Wildman–Crippen LogP) is 3.31. The SMILES string of the molecule is CC(=O)c1ccc(C)cc1NS(=O)(=O)c1ccc(C)cc1. The van der Waals surface area contributed by atoms with Gasteiger partial charge >= 0.3 is 0 Å². The van der Waals surface area contributed by atoms with Gasteiger partial charge in [-0.2, -0.15) is 0 Å². The van der Waals surface area contributed by atoms with Gasteiger partial charge in [0.05, 0.1) is 10.6 Å². The summed E-state index contributed by atoms with van der Waals surface area (Å²) in [5.41, 5.74) is 2.52. The lowest BCUT2D eigenvalue weighted by Gasteiger charge is -2.12. The van der Waals surface area contributed by atoms with Crippen molar-refractivity contribution in [2.75, 3.05) is 4.72 Å². The summed E-state index contributed by atoms with van der Waals surface area (Å²) in [6.45, 7) is 5.14. The number of hydrogen-bond acceptors (Lipinski definition) is 3. The maximum Gasteiger partial charge on any atom is 0.261 e. The van der Waals surface area contributed by atoms with Gasteiger partial charge in [-0.25, -0.2) is 8.42 Å². The third-order valence-electron chi connectivity index (χ3n) is 3.13. The lowest BCUT2D eigenvalue weighted by molar-refractivity contribution is 0.101. The van der Waals surface area contributed by atoms with E-state index in [4.69, 9.17) is 0 Å². The summed E-state index contributed by atoms with van der Waals surface area (Å²) in [5, 5.41) is 0. The van der Waals surface area contributed by atoms with Crippen LogP contribution in [0, 0.1) is 13.8 Å². The van der Waals surface area contributed by atoms with Crippen molar-refractivity contribution in [3.8, 4) is 0 Å². The van der Waals surface area contributed by atoms with E-state index in [2.05, 4.69) is 4.72 Å². The molecular formula is C16H17NO3S. The Kier molecular flexibility index (Phi) is 4.14. The summed E-state index contributed by atoms with van der Waals surface area (Å²) in [4.78, 5) is 11.8. The quantitative estimate of drug-likeness (QED) is 0.881. The molecule has 0 saturated heterocycles. The van der Waals surface area contributed by atoms with Crippen molar-refractivity contribution in [2.45, 2.75) is 25.7 Å². The van der Waals surface area contributed by atoms with Crippen LogP contribution in [0.4, 0.5) is 5.69 Å². The fourth-order valence-corrected chi connectivity index (χ4v) is 3.04. The smallest absolute Gasteiger partial charge is 0.261 e. The number of anilines is 1. The van der Waals surface area contributed by atoms with Crippen molar-refractivity contribution < 1.29 is 13.2 Å². The number of carbonyl (C=O) groups excluding carboxylic acids is 1. The van der Waals surface area contributed by atoms with E-state index in [0.29, 0.717) is 11.3 Å². The molecule has 21 heavy (non-hydrogen) atoms. The predicted molar refractivity (Wildman–Crippen MR) is 83.2 cm³/mol. The molecular weight excluding hydrogens is 286 g/mol. The minimum absolute atomic E-state index is 0.170. The van der Waals surface area contributed by atoms with E-state index in [1.165, 1.54) is 6.92 Å². The first-order valence-electron chi connectivity index (χ1n) is 6.51. The van der Waals surface area contributed by atoms with Crippen LogP contribution < -0.4 is 4.72 Å². The average Bonchev–Trinajstić information content (AvgIpc) is 2.38. The molecule has 2 rings (SSSR count). The Hall–Kier alpha value is -2.14. The number of rotatable bonds is 4. The molecule has 0 saturated carbocycles. The topological polar surface area (TPSA) is 63.2 Å². The van der Waals surface area contributed by atoms with Crippen LogP contribution in [0.2, 0.25) is 0 Å². The zero-order valence-electron chi connectivity index (χ0n) is 12.2. The maximum atomic E-state index is 12.4. The maximum absolute atomic E-state index is 12.4. The molecule has 2 aromatic carbocycles. The van der Waals surface area contributed by atoms with Gasteiger partial charge in [0.15, 0.2) is 5.78 Å². The third kappa shape index (κ3) is 3.49. The Morgan fingerprint density at radius 2 is 1.52 bits per heavy atom. The Morgan fingerprint density at radius 3 is 2.10 bits per heavy atom. The average molecular weight is 303 g/mol. The van der Waals surface area contributed by atoms with Crippen LogP contribution in [0.1, 0.15) is 28.4 Å². The summed E-state index contributed by atoms with van der Waals surface area (Å²) in [6.07, 6.45) is 0. The molecule has 0 aliphatic rings. The van der Waals surface area contributed by atoms with E-state index in [0.717, 1.165) is 11.1 Å². The largest absolute Gasteiger partial charge is 0.294 e.